The zero-order valence-corrected chi connectivity index (χ0v) is 13.8. The molecule has 0 fully saturated rings. The van der Waals surface area contributed by atoms with Crippen molar-refractivity contribution in [3.05, 3.63) is 27.1 Å². The predicted octanol–water partition coefficient (Wildman–Crippen LogP) is 2.84. The molecule has 6 heteroatoms. The second-order valence-corrected chi connectivity index (χ2v) is 6.82. The minimum atomic E-state index is -0.673. The van der Waals surface area contributed by atoms with Gasteiger partial charge in [0, 0.05) is 4.88 Å². The van der Waals surface area contributed by atoms with Crippen LogP contribution in [0.5, 0.6) is 0 Å². The number of rotatable bonds is 4. The molecule has 0 saturated heterocycles. The Morgan fingerprint density at radius 2 is 2.05 bits per heavy atom. The number of thiophene rings is 1. The Hall–Kier alpha value is -1.69. The number of ether oxygens (including phenoxy) is 1. The van der Waals surface area contributed by atoms with Crippen LogP contribution in [0.4, 0.5) is 0 Å². The Kier molecular flexibility index (Phi) is 4.46. The standard InChI is InChI=1S/C15H20N2O3S/c1-8(2)6-20-15(19)10(4)17-7-16-13-12(14(17)18)9(3)11(5)21-13/h7-8,10H,6H2,1-5H3/t10-/m1/s1. The lowest BCUT2D eigenvalue weighted by atomic mass is 10.2. The summed E-state index contributed by atoms with van der Waals surface area (Å²) in [4.78, 5) is 30.7. The predicted molar refractivity (Wildman–Crippen MR) is 83.9 cm³/mol. The first-order chi connectivity index (χ1) is 9.82. The van der Waals surface area contributed by atoms with Crippen LogP contribution >= 0.6 is 11.3 Å². The number of fused-ring (bicyclic) bond motifs is 1. The number of carbonyl (C=O) groups is 1. The minimum absolute atomic E-state index is 0.184. The van der Waals surface area contributed by atoms with Gasteiger partial charge in [0.1, 0.15) is 10.9 Å². The van der Waals surface area contributed by atoms with Crippen molar-refractivity contribution < 1.29 is 9.53 Å². The molecule has 0 bridgehead atoms. The van der Waals surface area contributed by atoms with E-state index in [1.807, 2.05) is 27.7 Å². The van der Waals surface area contributed by atoms with Crippen LogP contribution in [-0.4, -0.2) is 22.1 Å². The Balaban J connectivity index is 2.38. The third-order valence-electron chi connectivity index (χ3n) is 3.43. The van der Waals surface area contributed by atoms with E-state index in [1.54, 1.807) is 6.92 Å². The Morgan fingerprint density at radius 3 is 2.67 bits per heavy atom. The highest BCUT2D eigenvalue weighted by atomic mass is 32.1. The summed E-state index contributed by atoms with van der Waals surface area (Å²) in [5.41, 5.74) is 0.750. The normalized spacial score (nSPS) is 12.9. The maximum absolute atomic E-state index is 12.6. The van der Waals surface area contributed by atoms with Crippen molar-refractivity contribution in [2.24, 2.45) is 5.92 Å². The highest BCUT2D eigenvalue weighted by molar-refractivity contribution is 7.18. The van der Waals surface area contributed by atoms with Crippen LogP contribution < -0.4 is 5.56 Å². The van der Waals surface area contributed by atoms with E-state index in [2.05, 4.69) is 4.98 Å². The zero-order valence-electron chi connectivity index (χ0n) is 13.0. The molecule has 0 amide bonds. The van der Waals surface area contributed by atoms with E-state index in [4.69, 9.17) is 4.74 Å². The maximum atomic E-state index is 12.6. The van der Waals surface area contributed by atoms with Gasteiger partial charge in [-0.1, -0.05) is 13.8 Å². The van der Waals surface area contributed by atoms with Gasteiger partial charge < -0.3 is 4.74 Å². The molecule has 0 saturated carbocycles. The minimum Gasteiger partial charge on any atom is -0.464 e. The van der Waals surface area contributed by atoms with Gasteiger partial charge in [0.05, 0.1) is 18.3 Å². The molecular weight excluding hydrogens is 288 g/mol. The van der Waals surface area contributed by atoms with E-state index in [0.29, 0.717) is 16.8 Å². The second-order valence-electron chi connectivity index (χ2n) is 5.62. The fourth-order valence-electron chi connectivity index (χ4n) is 2.01. The first-order valence-electron chi connectivity index (χ1n) is 6.96. The van der Waals surface area contributed by atoms with Crippen LogP contribution in [0, 0.1) is 19.8 Å². The van der Waals surface area contributed by atoms with Gasteiger partial charge in [-0.2, -0.15) is 0 Å². The topological polar surface area (TPSA) is 61.2 Å². The lowest BCUT2D eigenvalue weighted by Crippen LogP contribution is -2.30. The molecule has 5 nitrogen and oxygen atoms in total. The molecule has 2 aromatic heterocycles. The Bertz CT molecular complexity index is 730. The average Bonchev–Trinajstić information content (AvgIpc) is 2.72. The van der Waals surface area contributed by atoms with Gasteiger partial charge in [0.2, 0.25) is 0 Å². The molecule has 0 aliphatic rings. The zero-order chi connectivity index (χ0) is 15.7. The smallest absolute Gasteiger partial charge is 0.329 e. The highest BCUT2D eigenvalue weighted by Crippen LogP contribution is 2.25. The molecule has 0 aliphatic heterocycles. The Morgan fingerprint density at radius 1 is 1.38 bits per heavy atom. The monoisotopic (exact) mass is 308 g/mol. The molecule has 2 heterocycles. The molecule has 2 rings (SSSR count). The van der Waals surface area contributed by atoms with Crippen molar-refractivity contribution in [1.82, 2.24) is 9.55 Å². The molecule has 21 heavy (non-hydrogen) atoms. The number of nitrogens with zero attached hydrogens (tertiary/aromatic N) is 2. The summed E-state index contributed by atoms with van der Waals surface area (Å²) < 4.78 is 6.55. The van der Waals surface area contributed by atoms with Gasteiger partial charge in [-0.05, 0) is 32.3 Å². The SMILES string of the molecule is Cc1sc2ncn([C@H](C)C(=O)OCC(C)C)c(=O)c2c1C. The lowest BCUT2D eigenvalue weighted by molar-refractivity contribution is -0.148. The molecule has 1 atom stereocenters. The number of carbonyl (C=O) groups excluding carboxylic acids is 1. The van der Waals surface area contributed by atoms with Gasteiger partial charge in [-0.3, -0.25) is 9.36 Å². The van der Waals surface area contributed by atoms with Crippen molar-refractivity contribution in [3.63, 3.8) is 0 Å². The van der Waals surface area contributed by atoms with E-state index < -0.39 is 12.0 Å². The maximum Gasteiger partial charge on any atom is 0.329 e. The molecule has 0 spiro atoms. The average molecular weight is 308 g/mol. The molecule has 0 radical (unpaired) electrons. The van der Waals surface area contributed by atoms with E-state index in [1.165, 1.54) is 22.2 Å². The van der Waals surface area contributed by atoms with Gasteiger partial charge >= 0.3 is 5.97 Å². The number of aromatic nitrogens is 2. The second kappa shape index (κ2) is 5.97. The Labute approximate surface area is 127 Å². The van der Waals surface area contributed by atoms with Gasteiger partial charge in [-0.25, -0.2) is 9.78 Å². The summed E-state index contributed by atoms with van der Waals surface area (Å²) in [6, 6.07) is -0.673. The van der Waals surface area contributed by atoms with Gasteiger partial charge in [0.15, 0.2) is 0 Å². The van der Waals surface area contributed by atoms with Crippen LogP contribution in [0.1, 0.15) is 37.3 Å². The van der Waals surface area contributed by atoms with Crippen molar-refractivity contribution in [2.45, 2.75) is 40.7 Å². The van der Waals surface area contributed by atoms with E-state index >= 15 is 0 Å². The summed E-state index contributed by atoms with van der Waals surface area (Å²) >= 11 is 1.50. The largest absolute Gasteiger partial charge is 0.464 e. The van der Waals surface area contributed by atoms with Crippen molar-refractivity contribution in [2.75, 3.05) is 6.61 Å². The van der Waals surface area contributed by atoms with Crippen LogP contribution in [0.3, 0.4) is 0 Å². The van der Waals surface area contributed by atoms with Crippen LogP contribution in [0.15, 0.2) is 11.1 Å². The van der Waals surface area contributed by atoms with E-state index in [9.17, 15) is 9.59 Å². The lowest BCUT2D eigenvalue weighted by Gasteiger charge is -2.15. The fourth-order valence-corrected chi connectivity index (χ4v) is 2.99. The molecule has 0 N–H and O–H groups in total. The third kappa shape index (κ3) is 3.00. The molecular formula is C15H20N2O3S. The molecule has 0 aromatic carbocycles. The van der Waals surface area contributed by atoms with E-state index in [-0.39, 0.29) is 11.5 Å². The number of esters is 1. The molecule has 0 aliphatic carbocycles. The third-order valence-corrected chi connectivity index (χ3v) is 4.55. The summed E-state index contributed by atoms with van der Waals surface area (Å²) in [6.45, 7) is 9.82. The summed E-state index contributed by atoms with van der Waals surface area (Å²) in [6.07, 6.45) is 1.43. The van der Waals surface area contributed by atoms with Crippen LogP contribution in [0.25, 0.3) is 10.2 Å². The van der Waals surface area contributed by atoms with Crippen molar-refractivity contribution in [1.29, 1.82) is 0 Å². The number of hydrogen-bond acceptors (Lipinski definition) is 5. The van der Waals surface area contributed by atoms with Gasteiger partial charge in [0.25, 0.3) is 5.56 Å². The highest BCUT2D eigenvalue weighted by Gasteiger charge is 2.21. The molecule has 114 valence electrons. The molecule has 2 aromatic rings. The molecule has 0 unspecified atom stereocenters. The fraction of sp³-hybridized carbons (Fsp3) is 0.533. The summed E-state index contributed by atoms with van der Waals surface area (Å²) in [5, 5.41) is 0.600. The van der Waals surface area contributed by atoms with Crippen LogP contribution in [-0.2, 0) is 9.53 Å². The first-order valence-corrected chi connectivity index (χ1v) is 7.78. The van der Waals surface area contributed by atoms with Crippen molar-refractivity contribution >= 4 is 27.5 Å². The van der Waals surface area contributed by atoms with Gasteiger partial charge in [-0.15, -0.1) is 11.3 Å². The first kappa shape index (κ1) is 15.7. The van der Waals surface area contributed by atoms with Crippen LogP contribution in [0.2, 0.25) is 0 Å². The van der Waals surface area contributed by atoms with Crippen molar-refractivity contribution in [3.8, 4) is 0 Å². The summed E-state index contributed by atoms with van der Waals surface area (Å²) in [7, 11) is 0. The van der Waals surface area contributed by atoms with E-state index in [0.717, 1.165) is 10.4 Å². The number of hydrogen-bond donors (Lipinski definition) is 0. The summed E-state index contributed by atoms with van der Waals surface area (Å²) in [5.74, 6) is -0.142. The number of aryl methyl sites for hydroxylation is 2. The quantitative estimate of drug-likeness (QED) is 0.815.